The van der Waals surface area contributed by atoms with Crippen molar-refractivity contribution in [1.29, 1.82) is 0 Å². The first kappa shape index (κ1) is 15.1. The fraction of sp³-hybridized carbons (Fsp3) is 0.350. The third-order valence-electron chi connectivity index (χ3n) is 4.74. The van der Waals surface area contributed by atoms with Crippen LogP contribution < -0.4 is 15.0 Å². The van der Waals surface area contributed by atoms with Gasteiger partial charge >= 0.3 is 0 Å². The molecule has 1 amide bonds. The number of fused-ring (bicyclic) bond motifs is 1. The van der Waals surface area contributed by atoms with Crippen molar-refractivity contribution in [3.05, 3.63) is 53.6 Å². The van der Waals surface area contributed by atoms with E-state index in [2.05, 4.69) is 22.3 Å². The molecule has 2 aliphatic heterocycles. The fourth-order valence-corrected chi connectivity index (χ4v) is 3.54. The van der Waals surface area contributed by atoms with Crippen LogP contribution in [0.3, 0.4) is 0 Å². The van der Waals surface area contributed by atoms with Gasteiger partial charge in [-0.05, 0) is 42.2 Å². The van der Waals surface area contributed by atoms with Gasteiger partial charge in [0.05, 0.1) is 24.4 Å². The van der Waals surface area contributed by atoms with Crippen LogP contribution in [-0.2, 0) is 17.6 Å². The maximum absolute atomic E-state index is 12.5. The molecule has 0 saturated carbocycles. The molecule has 0 spiro atoms. The number of hydrogen-bond acceptors (Lipinski definition) is 3. The highest BCUT2D eigenvalue weighted by Gasteiger charge is 2.17. The summed E-state index contributed by atoms with van der Waals surface area (Å²) in [6.07, 6.45) is 3.77. The number of rotatable bonds is 4. The first-order valence-corrected chi connectivity index (χ1v) is 8.68. The Labute approximate surface area is 142 Å². The highest BCUT2D eigenvalue weighted by atomic mass is 16.5. The molecule has 2 aromatic carbocycles. The standard InChI is InChI=1S/C20H22N2O2/c23-20(14-15-7-8-19-16(13-15)9-12-24-19)21-17-5-1-2-6-18(17)22-10-3-4-11-22/h1-2,5-8,13H,3-4,9-12,14H2,(H,21,23). The lowest BCUT2D eigenvalue weighted by atomic mass is 10.1. The summed E-state index contributed by atoms with van der Waals surface area (Å²) in [7, 11) is 0. The number of amides is 1. The molecular weight excluding hydrogens is 300 g/mol. The average Bonchev–Trinajstić information content (AvgIpc) is 3.26. The minimum Gasteiger partial charge on any atom is -0.493 e. The Morgan fingerprint density at radius 3 is 2.83 bits per heavy atom. The van der Waals surface area contributed by atoms with Crippen molar-refractivity contribution >= 4 is 17.3 Å². The molecular formula is C20H22N2O2. The topological polar surface area (TPSA) is 41.6 Å². The second-order valence-corrected chi connectivity index (χ2v) is 6.48. The van der Waals surface area contributed by atoms with Crippen LogP contribution >= 0.6 is 0 Å². The SMILES string of the molecule is O=C(Cc1ccc2c(c1)CCO2)Nc1ccccc1N1CCCC1. The van der Waals surface area contributed by atoms with E-state index < -0.39 is 0 Å². The number of nitrogens with one attached hydrogen (secondary N) is 1. The number of carbonyl (C=O) groups is 1. The first-order chi connectivity index (χ1) is 11.8. The molecule has 2 heterocycles. The lowest BCUT2D eigenvalue weighted by molar-refractivity contribution is -0.115. The number of anilines is 2. The van der Waals surface area contributed by atoms with Crippen molar-refractivity contribution in [2.45, 2.75) is 25.7 Å². The van der Waals surface area contributed by atoms with Crippen molar-refractivity contribution in [2.75, 3.05) is 29.9 Å². The molecule has 2 aliphatic rings. The Morgan fingerprint density at radius 1 is 1.12 bits per heavy atom. The molecule has 4 rings (SSSR count). The van der Waals surface area contributed by atoms with Gasteiger partial charge in [-0.2, -0.15) is 0 Å². The lowest BCUT2D eigenvalue weighted by Crippen LogP contribution is -2.21. The molecule has 0 aromatic heterocycles. The van der Waals surface area contributed by atoms with Gasteiger partial charge < -0.3 is 15.0 Å². The third kappa shape index (κ3) is 3.09. The number of nitrogens with zero attached hydrogens (tertiary/aromatic N) is 1. The molecule has 1 N–H and O–H groups in total. The van der Waals surface area contributed by atoms with E-state index in [-0.39, 0.29) is 5.91 Å². The molecule has 0 radical (unpaired) electrons. The van der Waals surface area contributed by atoms with Gasteiger partial charge in [-0.3, -0.25) is 4.79 Å². The van der Waals surface area contributed by atoms with Crippen LogP contribution in [0.15, 0.2) is 42.5 Å². The van der Waals surface area contributed by atoms with E-state index in [1.807, 2.05) is 30.3 Å². The van der Waals surface area contributed by atoms with Crippen LogP contribution in [0.2, 0.25) is 0 Å². The number of hydrogen-bond donors (Lipinski definition) is 1. The zero-order chi connectivity index (χ0) is 16.4. The van der Waals surface area contributed by atoms with Crippen molar-refractivity contribution in [3.63, 3.8) is 0 Å². The summed E-state index contributed by atoms with van der Waals surface area (Å²) in [5.74, 6) is 0.985. The van der Waals surface area contributed by atoms with Crippen LogP contribution in [0.4, 0.5) is 11.4 Å². The molecule has 1 fully saturated rings. The van der Waals surface area contributed by atoms with E-state index in [9.17, 15) is 4.79 Å². The second kappa shape index (κ2) is 6.56. The summed E-state index contributed by atoms with van der Waals surface area (Å²) < 4.78 is 5.52. The van der Waals surface area contributed by atoms with Gasteiger partial charge in [-0.25, -0.2) is 0 Å². The fourth-order valence-electron chi connectivity index (χ4n) is 3.54. The maximum atomic E-state index is 12.5. The third-order valence-corrected chi connectivity index (χ3v) is 4.74. The quantitative estimate of drug-likeness (QED) is 0.938. The van der Waals surface area contributed by atoms with Gasteiger partial charge in [0.15, 0.2) is 0 Å². The predicted octanol–water partition coefficient (Wildman–Crippen LogP) is 3.40. The highest BCUT2D eigenvalue weighted by Crippen LogP contribution is 2.29. The van der Waals surface area contributed by atoms with Gasteiger partial charge in [-0.1, -0.05) is 24.3 Å². The van der Waals surface area contributed by atoms with E-state index >= 15 is 0 Å². The molecule has 24 heavy (non-hydrogen) atoms. The molecule has 0 bridgehead atoms. The number of para-hydroxylation sites is 2. The normalized spacial score (nSPS) is 15.9. The Bertz CT molecular complexity index is 751. The van der Waals surface area contributed by atoms with Gasteiger partial charge in [0.1, 0.15) is 5.75 Å². The lowest BCUT2D eigenvalue weighted by Gasteiger charge is -2.21. The minimum atomic E-state index is 0.0283. The predicted molar refractivity (Wildman–Crippen MR) is 95.9 cm³/mol. The van der Waals surface area contributed by atoms with Gasteiger partial charge in [0.25, 0.3) is 0 Å². The second-order valence-electron chi connectivity index (χ2n) is 6.48. The summed E-state index contributed by atoms with van der Waals surface area (Å²) in [6, 6.07) is 14.1. The van der Waals surface area contributed by atoms with Crippen LogP contribution in [-0.4, -0.2) is 25.6 Å². The zero-order valence-corrected chi connectivity index (χ0v) is 13.8. The number of benzene rings is 2. The van der Waals surface area contributed by atoms with Crippen LogP contribution in [0.1, 0.15) is 24.0 Å². The molecule has 0 aliphatic carbocycles. The van der Waals surface area contributed by atoms with Crippen molar-refractivity contribution < 1.29 is 9.53 Å². The van der Waals surface area contributed by atoms with Crippen molar-refractivity contribution in [3.8, 4) is 5.75 Å². The van der Waals surface area contributed by atoms with Crippen molar-refractivity contribution in [2.24, 2.45) is 0 Å². The van der Waals surface area contributed by atoms with E-state index in [1.165, 1.54) is 18.4 Å². The smallest absolute Gasteiger partial charge is 0.228 e. The molecule has 0 atom stereocenters. The molecule has 0 unspecified atom stereocenters. The first-order valence-electron chi connectivity index (χ1n) is 8.68. The van der Waals surface area contributed by atoms with Crippen LogP contribution in [0.5, 0.6) is 5.75 Å². The van der Waals surface area contributed by atoms with Crippen LogP contribution in [0, 0.1) is 0 Å². The van der Waals surface area contributed by atoms with Crippen LogP contribution in [0.25, 0.3) is 0 Å². The Kier molecular flexibility index (Phi) is 4.11. The monoisotopic (exact) mass is 322 g/mol. The maximum Gasteiger partial charge on any atom is 0.228 e. The molecule has 124 valence electrons. The summed E-state index contributed by atoms with van der Waals surface area (Å²) >= 11 is 0. The van der Waals surface area contributed by atoms with E-state index in [4.69, 9.17) is 4.74 Å². The summed E-state index contributed by atoms with van der Waals surface area (Å²) in [6.45, 7) is 2.88. The Hall–Kier alpha value is -2.49. The summed E-state index contributed by atoms with van der Waals surface area (Å²) in [5, 5.41) is 3.09. The van der Waals surface area contributed by atoms with E-state index in [0.717, 1.165) is 48.8 Å². The van der Waals surface area contributed by atoms with Gasteiger partial charge in [0.2, 0.25) is 5.91 Å². The largest absolute Gasteiger partial charge is 0.493 e. The minimum absolute atomic E-state index is 0.0283. The molecule has 2 aromatic rings. The summed E-state index contributed by atoms with van der Waals surface area (Å²) in [5.41, 5.74) is 4.28. The Morgan fingerprint density at radius 2 is 1.96 bits per heavy atom. The van der Waals surface area contributed by atoms with Crippen molar-refractivity contribution in [1.82, 2.24) is 0 Å². The highest BCUT2D eigenvalue weighted by molar-refractivity contribution is 5.95. The summed E-state index contributed by atoms with van der Waals surface area (Å²) in [4.78, 5) is 14.8. The average molecular weight is 322 g/mol. The van der Waals surface area contributed by atoms with Gasteiger partial charge in [-0.15, -0.1) is 0 Å². The van der Waals surface area contributed by atoms with E-state index in [1.54, 1.807) is 0 Å². The number of ether oxygens (including phenoxy) is 1. The molecule has 1 saturated heterocycles. The molecule has 4 heteroatoms. The Balaban J connectivity index is 1.46. The van der Waals surface area contributed by atoms with E-state index in [0.29, 0.717) is 6.42 Å². The molecule has 4 nitrogen and oxygen atoms in total. The zero-order valence-electron chi connectivity index (χ0n) is 13.8. The van der Waals surface area contributed by atoms with Gasteiger partial charge in [0, 0.05) is 19.5 Å². The number of carbonyl (C=O) groups excluding carboxylic acids is 1.